The molecule has 1 aromatic carbocycles. The van der Waals surface area contributed by atoms with Crippen LogP contribution in [-0.2, 0) is 9.59 Å². The molecule has 1 amide bonds. The second-order valence-corrected chi connectivity index (χ2v) is 5.82. The molecule has 20 heavy (non-hydrogen) atoms. The highest BCUT2D eigenvalue weighted by atomic mass is 16.4. The number of hydrogen-bond acceptors (Lipinski definition) is 2. The highest BCUT2D eigenvalue weighted by Gasteiger charge is 2.46. The fraction of sp³-hybridized carbons (Fsp3) is 0.500. The molecule has 0 spiro atoms. The summed E-state index contributed by atoms with van der Waals surface area (Å²) < 4.78 is 0. The zero-order valence-corrected chi connectivity index (χ0v) is 11.4. The Hall–Kier alpha value is -1.84. The molecule has 1 saturated carbocycles. The average Bonchev–Trinajstić information content (AvgIpc) is 3.28. The van der Waals surface area contributed by atoms with Gasteiger partial charge in [0.05, 0.1) is 5.92 Å². The molecule has 106 valence electrons. The highest BCUT2D eigenvalue weighted by Crippen LogP contribution is 2.48. The quantitative estimate of drug-likeness (QED) is 0.917. The monoisotopic (exact) mass is 273 g/mol. The lowest BCUT2D eigenvalue weighted by molar-refractivity contribution is -0.146. The topological polar surface area (TPSA) is 57.6 Å². The van der Waals surface area contributed by atoms with Crippen LogP contribution in [-0.4, -0.2) is 35.0 Å². The van der Waals surface area contributed by atoms with Crippen LogP contribution in [0.2, 0.25) is 0 Å². The number of carbonyl (C=O) groups is 2. The molecule has 1 aliphatic carbocycles. The third-order valence-electron chi connectivity index (χ3n) is 4.42. The van der Waals surface area contributed by atoms with Crippen LogP contribution in [0, 0.1) is 11.8 Å². The summed E-state index contributed by atoms with van der Waals surface area (Å²) in [5.41, 5.74) is 1.22. The van der Waals surface area contributed by atoms with Crippen molar-refractivity contribution in [1.29, 1.82) is 0 Å². The number of amides is 1. The second-order valence-electron chi connectivity index (χ2n) is 5.82. The number of piperidine rings is 1. The van der Waals surface area contributed by atoms with E-state index in [1.54, 1.807) is 4.90 Å². The van der Waals surface area contributed by atoms with Gasteiger partial charge in [0, 0.05) is 19.0 Å². The van der Waals surface area contributed by atoms with Gasteiger partial charge in [-0.05, 0) is 30.7 Å². The van der Waals surface area contributed by atoms with E-state index in [1.165, 1.54) is 5.56 Å². The van der Waals surface area contributed by atoms with Crippen LogP contribution in [0.3, 0.4) is 0 Å². The van der Waals surface area contributed by atoms with E-state index in [9.17, 15) is 9.59 Å². The van der Waals surface area contributed by atoms with Crippen LogP contribution < -0.4 is 0 Å². The molecule has 3 atom stereocenters. The maximum atomic E-state index is 12.4. The Morgan fingerprint density at radius 1 is 1.20 bits per heavy atom. The van der Waals surface area contributed by atoms with Gasteiger partial charge in [0.25, 0.3) is 0 Å². The van der Waals surface area contributed by atoms with Crippen LogP contribution >= 0.6 is 0 Å². The lowest BCUT2D eigenvalue weighted by atomic mass is 9.97. The lowest BCUT2D eigenvalue weighted by Crippen LogP contribution is -2.43. The minimum atomic E-state index is -0.780. The Morgan fingerprint density at radius 3 is 2.65 bits per heavy atom. The molecule has 1 heterocycles. The van der Waals surface area contributed by atoms with Gasteiger partial charge in [-0.3, -0.25) is 9.59 Å². The first-order valence-corrected chi connectivity index (χ1v) is 7.23. The summed E-state index contributed by atoms with van der Waals surface area (Å²) in [7, 11) is 0. The van der Waals surface area contributed by atoms with E-state index in [-0.39, 0.29) is 17.7 Å². The summed E-state index contributed by atoms with van der Waals surface area (Å²) >= 11 is 0. The fourth-order valence-corrected chi connectivity index (χ4v) is 3.15. The SMILES string of the molecule is O=C(O)C1CCCN(C(=O)C2CC2c2ccccc2)C1. The van der Waals surface area contributed by atoms with Crippen molar-refractivity contribution in [3.8, 4) is 0 Å². The predicted octanol–water partition coefficient (Wildman–Crippen LogP) is 2.11. The first-order valence-electron chi connectivity index (χ1n) is 7.23. The molecule has 0 aromatic heterocycles. The number of rotatable bonds is 3. The largest absolute Gasteiger partial charge is 0.481 e. The zero-order valence-electron chi connectivity index (χ0n) is 11.4. The Labute approximate surface area is 118 Å². The van der Waals surface area contributed by atoms with Gasteiger partial charge in [-0.2, -0.15) is 0 Å². The zero-order chi connectivity index (χ0) is 14.1. The Balaban J connectivity index is 1.62. The predicted molar refractivity (Wildman–Crippen MR) is 74.2 cm³/mol. The number of carbonyl (C=O) groups excluding carboxylic acids is 1. The smallest absolute Gasteiger partial charge is 0.308 e. The molecule has 1 aliphatic heterocycles. The standard InChI is InChI=1S/C16H19NO3/c18-15(17-8-4-7-12(10-17)16(19)20)14-9-13(14)11-5-2-1-3-6-11/h1-3,5-6,12-14H,4,7-10H2,(H,19,20). The molecular weight excluding hydrogens is 254 g/mol. The van der Waals surface area contributed by atoms with Crippen molar-refractivity contribution in [2.75, 3.05) is 13.1 Å². The molecule has 1 saturated heterocycles. The molecule has 4 nitrogen and oxygen atoms in total. The molecule has 2 aliphatic rings. The average molecular weight is 273 g/mol. The van der Waals surface area contributed by atoms with Gasteiger partial charge >= 0.3 is 5.97 Å². The van der Waals surface area contributed by atoms with E-state index in [4.69, 9.17) is 5.11 Å². The van der Waals surface area contributed by atoms with Crippen molar-refractivity contribution in [2.24, 2.45) is 11.8 Å². The van der Waals surface area contributed by atoms with Crippen LogP contribution in [0.1, 0.15) is 30.7 Å². The number of benzene rings is 1. The summed E-state index contributed by atoms with van der Waals surface area (Å²) in [6.45, 7) is 1.09. The van der Waals surface area contributed by atoms with Crippen LogP contribution in [0.5, 0.6) is 0 Å². The molecule has 4 heteroatoms. The number of aliphatic carboxylic acids is 1. The molecule has 1 N–H and O–H groups in total. The van der Waals surface area contributed by atoms with Crippen molar-refractivity contribution >= 4 is 11.9 Å². The van der Waals surface area contributed by atoms with Gasteiger partial charge in [0.2, 0.25) is 5.91 Å². The van der Waals surface area contributed by atoms with E-state index in [2.05, 4.69) is 12.1 Å². The Kier molecular flexibility index (Phi) is 3.47. The molecule has 0 bridgehead atoms. The fourth-order valence-electron chi connectivity index (χ4n) is 3.15. The summed E-state index contributed by atoms with van der Waals surface area (Å²) in [4.78, 5) is 25.3. The molecular formula is C16H19NO3. The minimum absolute atomic E-state index is 0.0601. The van der Waals surface area contributed by atoms with Crippen molar-refractivity contribution < 1.29 is 14.7 Å². The van der Waals surface area contributed by atoms with Crippen molar-refractivity contribution in [2.45, 2.75) is 25.2 Å². The summed E-state index contributed by atoms with van der Waals surface area (Å²) in [6, 6.07) is 10.1. The minimum Gasteiger partial charge on any atom is -0.481 e. The summed E-state index contributed by atoms with van der Waals surface area (Å²) in [5, 5.41) is 9.08. The number of nitrogens with zero attached hydrogens (tertiary/aromatic N) is 1. The number of hydrogen-bond donors (Lipinski definition) is 1. The molecule has 3 rings (SSSR count). The van der Waals surface area contributed by atoms with Gasteiger partial charge in [0.15, 0.2) is 0 Å². The van der Waals surface area contributed by atoms with Gasteiger partial charge in [-0.1, -0.05) is 30.3 Å². The maximum absolute atomic E-state index is 12.4. The van der Waals surface area contributed by atoms with Crippen LogP contribution in [0.15, 0.2) is 30.3 Å². The maximum Gasteiger partial charge on any atom is 0.308 e. The van der Waals surface area contributed by atoms with Gasteiger partial charge in [-0.25, -0.2) is 0 Å². The second kappa shape index (κ2) is 5.27. The van der Waals surface area contributed by atoms with E-state index in [1.807, 2.05) is 18.2 Å². The van der Waals surface area contributed by atoms with Crippen molar-refractivity contribution in [1.82, 2.24) is 4.90 Å². The van der Waals surface area contributed by atoms with E-state index >= 15 is 0 Å². The van der Waals surface area contributed by atoms with Crippen LogP contribution in [0.25, 0.3) is 0 Å². The van der Waals surface area contributed by atoms with Crippen LogP contribution in [0.4, 0.5) is 0 Å². The lowest BCUT2D eigenvalue weighted by Gasteiger charge is -2.31. The van der Waals surface area contributed by atoms with Gasteiger partial charge < -0.3 is 10.0 Å². The molecule has 0 radical (unpaired) electrons. The first-order chi connectivity index (χ1) is 9.66. The Morgan fingerprint density at radius 2 is 1.95 bits per heavy atom. The molecule has 3 unspecified atom stereocenters. The van der Waals surface area contributed by atoms with Gasteiger partial charge in [-0.15, -0.1) is 0 Å². The molecule has 2 fully saturated rings. The number of carboxylic acids is 1. The third-order valence-corrected chi connectivity index (χ3v) is 4.42. The summed E-state index contributed by atoms with van der Waals surface area (Å²) in [5.74, 6) is -0.636. The summed E-state index contributed by atoms with van der Waals surface area (Å²) in [6.07, 6.45) is 2.38. The van der Waals surface area contributed by atoms with E-state index in [0.717, 1.165) is 12.8 Å². The van der Waals surface area contributed by atoms with Crippen molar-refractivity contribution in [3.63, 3.8) is 0 Å². The van der Waals surface area contributed by atoms with E-state index in [0.29, 0.717) is 25.4 Å². The van der Waals surface area contributed by atoms with Crippen molar-refractivity contribution in [3.05, 3.63) is 35.9 Å². The normalized spacial score (nSPS) is 29.0. The highest BCUT2D eigenvalue weighted by molar-refractivity contribution is 5.84. The van der Waals surface area contributed by atoms with E-state index < -0.39 is 5.97 Å². The first kappa shape index (κ1) is 13.2. The Bertz CT molecular complexity index is 514. The molecule has 1 aromatic rings. The van der Waals surface area contributed by atoms with Gasteiger partial charge in [0.1, 0.15) is 0 Å². The third kappa shape index (κ3) is 2.55. The number of carboxylic acid groups (broad SMARTS) is 1. The number of likely N-dealkylation sites (tertiary alicyclic amines) is 1.